The Labute approximate surface area is 70.8 Å². The fourth-order valence-corrected chi connectivity index (χ4v) is 0.901. The Kier molecular flexibility index (Phi) is 7.96. The van der Waals surface area contributed by atoms with Crippen LogP contribution in [0.1, 0.15) is 33.1 Å². The van der Waals surface area contributed by atoms with Gasteiger partial charge in [0.15, 0.2) is 0 Å². The monoisotopic (exact) mass is 158 g/mol. The highest BCUT2D eigenvalue weighted by atomic mass is 15.0. The van der Waals surface area contributed by atoms with E-state index in [4.69, 9.17) is 0 Å². The largest absolute Gasteiger partial charge is 0.316 e. The van der Waals surface area contributed by atoms with Crippen LogP contribution >= 0.6 is 0 Å². The van der Waals surface area contributed by atoms with Gasteiger partial charge in [0.05, 0.1) is 0 Å². The van der Waals surface area contributed by atoms with Crippen LogP contribution in [0.5, 0.6) is 0 Å². The van der Waals surface area contributed by atoms with Crippen molar-refractivity contribution in [2.45, 2.75) is 39.2 Å². The maximum atomic E-state index is 3.26. The summed E-state index contributed by atoms with van der Waals surface area (Å²) in [5, 5.41) is 6.46. The van der Waals surface area contributed by atoms with E-state index in [-0.39, 0.29) is 0 Å². The van der Waals surface area contributed by atoms with Crippen LogP contribution < -0.4 is 10.6 Å². The fourth-order valence-electron chi connectivity index (χ4n) is 0.901. The molecule has 1 heterocycles. The number of unbranched alkanes of at least 4 members (excludes halogenated alkanes) is 1. The Morgan fingerprint density at radius 3 is 2.18 bits per heavy atom. The van der Waals surface area contributed by atoms with E-state index in [0.29, 0.717) is 0 Å². The summed E-state index contributed by atoms with van der Waals surface area (Å²) in [5.74, 6) is 0. The summed E-state index contributed by atoms with van der Waals surface area (Å²) in [6.45, 7) is 6.70. The molecule has 1 aliphatic heterocycles. The lowest BCUT2D eigenvalue weighted by atomic mass is 10.3. The predicted molar refractivity (Wildman–Crippen MR) is 50.9 cm³/mol. The van der Waals surface area contributed by atoms with Crippen LogP contribution in [0.25, 0.3) is 0 Å². The van der Waals surface area contributed by atoms with Gasteiger partial charge in [0.25, 0.3) is 0 Å². The van der Waals surface area contributed by atoms with Crippen molar-refractivity contribution in [2.75, 3.05) is 20.1 Å². The summed E-state index contributed by atoms with van der Waals surface area (Å²) in [7, 11) is 2.01. The summed E-state index contributed by atoms with van der Waals surface area (Å²) in [6.07, 6.45) is 3.93. The maximum Gasteiger partial charge on any atom is 0.0201 e. The number of likely N-dealkylation sites (N-methyl/N-ethyl adjacent to an activating group) is 1. The zero-order chi connectivity index (χ0) is 8.53. The molecule has 68 valence electrons. The Morgan fingerprint density at radius 1 is 1.36 bits per heavy atom. The van der Waals surface area contributed by atoms with Crippen molar-refractivity contribution in [3.63, 3.8) is 0 Å². The average Bonchev–Trinajstić information content (AvgIpc) is 2.56. The first-order valence-corrected chi connectivity index (χ1v) is 4.73. The Bertz CT molecular complexity index is 66.0. The molecule has 0 aromatic rings. The SMILES string of the molecule is CCCC.CNC1CCNC1. The second kappa shape index (κ2) is 8.02. The van der Waals surface area contributed by atoms with Gasteiger partial charge in [-0.25, -0.2) is 0 Å². The van der Waals surface area contributed by atoms with Gasteiger partial charge < -0.3 is 10.6 Å². The van der Waals surface area contributed by atoms with Crippen molar-refractivity contribution in [3.05, 3.63) is 0 Å². The molecule has 1 rings (SSSR count). The van der Waals surface area contributed by atoms with E-state index in [1.165, 1.54) is 25.8 Å². The first-order chi connectivity index (χ1) is 5.35. The van der Waals surface area contributed by atoms with E-state index < -0.39 is 0 Å². The molecule has 1 fully saturated rings. The Morgan fingerprint density at radius 2 is 2.00 bits per heavy atom. The summed E-state index contributed by atoms with van der Waals surface area (Å²) in [4.78, 5) is 0. The van der Waals surface area contributed by atoms with Gasteiger partial charge in [-0.3, -0.25) is 0 Å². The number of hydrogen-bond acceptors (Lipinski definition) is 2. The predicted octanol–water partition coefficient (Wildman–Crippen LogP) is 1.37. The topological polar surface area (TPSA) is 24.1 Å². The number of rotatable bonds is 2. The van der Waals surface area contributed by atoms with Gasteiger partial charge in [0, 0.05) is 12.6 Å². The smallest absolute Gasteiger partial charge is 0.0201 e. The zero-order valence-corrected chi connectivity index (χ0v) is 8.11. The van der Waals surface area contributed by atoms with Crippen LogP contribution in [0.3, 0.4) is 0 Å². The third-order valence-corrected chi connectivity index (χ3v) is 1.97. The molecule has 1 aliphatic rings. The van der Waals surface area contributed by atoms with Crippen molar-refractivity contribution in [3.8, 4) is 0 Å². The average molecular weight is 158 g/mol. The Hall–Kier alpha value is -0.0800. The second-order valence-electron chi connectivity index (χ2n) is 2.98. The lowest BCUT2D eigenvalue weighted by Gasteiger charge is -2.02. The second-order valence-corrected chi connectivity index (χ2v) is 2.98. The van der Waals surface area contributed by atoms with Crippen LogP contribution in [0, 0.1) is 0 Å². The molecule has 0 radical (unpaired) electrons. The molecule has 1 saturated heterocycles. The molecule has 0 saturated carbocycles. The summed E-state index contributed by atoms with van der Waals surface area (Å²) in [5.41, 5.74) is 0. The molecule has 11 heavy (non-hydrogen) atoms. The molecule has 1 atom stereocenters. The Balaban J connectivity index is 0.000000218. The standard InChI is InChI=1S/C5H12N2.C4H10/c1-6-5-2-3-7-4-5;1-3-4-2/h5-7H,2-4H2,1H3;3-4H2,1-2H3. The molecule has 0 aromatic heterocycles. The molecule has 2 nitrogen and oxygen atoms in total. The molecule has 2 heteroatoms. The van der Waals surface area contributed by atoms with E-state index in [0.717, 1.165) is 12.6 Å². The molecule has 0 amide bonds. The van der Waals surface area contributed by atoms with Gasteiger partial charge in [-0.15, -0.1) is 0 Å². The van der Waals surface area contributed by atoms with Crippen molar-refractivity contribution < 1.29 is 0 Å². The normalized spacial score (nSPS) is 22.6. The molecule has 0 aliphatic carbocycles. The maximum absolute atomic E-state index is 3.26. The summed E-state index contributed by atoms with van der Waals surface area (Å²) >= 11 is 0. The highest BCUT2D eigenvalue weighted by Gasteiger charge is 2.09. The first kappa shape index (κ1) is 10.9. The van der Waals surface area contributed by atoms with E-state index in [1.54, 1.807) is 0 Å². The van der Waals surface area contributed by atoms with E-state index >= 15 is 0 Å². The fraction of sp³-hybridized carbons (Fsp3) is 1.00. The highest BCUT2D eigenvalue weighted by molar-refractivity contribution is 4.74. The van der Waals surface area contributed by atoms with Gasteiger partial charge in [-0.2, -0.15) is 0 Å². The minimum Gasteiger partial charge on any atom is -0.316 e. The lowest BCUT2D eigenvalue weighted by Crippen LogP contribution is -2.26. The summed E-state index contributed by atoms with van der Waals surface area (Å²) < 4.78 is 0. The molecular formula is C9H22N2. The van der Waals surface area contributed by atoms with Crippen LogP contribution in [-0.4, -0.2) is 26.2 Å². The van der Waals surface area contributed by atoms with Crippen LogP contribution in [0.4, 0.5) is 0 Å². The number of nitrogens with one attached hydrogen (secondary N) is 2. The number of hydrogen-bond donors (Lipinski definition) is 2. The molecule has 1 unspecified atom stereocenters. The van der Waals surface area contributed by atoms with Gasteiger partial charge in [0.2, 0.25) is 0 Å². The lowest BCUT2D eigenvalue weighted by molar-refractivity contribution is 0.611. The minimum atomic E-state index is 0.736. The molecule has 0 spiro atoms. The van der Waals surface area contributed by atoms with Gasteiger partial charge >= 0.3 is 0 Å². The third-order valence-electron chi connectivity index (χ3n) is 1.97. The van der Waals surface area contributed by atoms with Crippen molar-refractivity contribution in [1.82, 2.24) is 10.6 Å². The minimum absolute atomic E-state index is 0.736. The van der Waals surface area contributed by atoms with Crippen molar-refractivity contribution in [1.29, 1.82) is 0 Å². The van der Waals surface area contributed by atoms with E-state index in [1.807, 2.05) is 7.05 Å². The van der Waals surface area contributed by atoms with Crippen LogP contribution in [0.2, 0.25) is 0 Å². The van der Waals surface area contributed by atoms with Crippen LogP contribution in [0.15, 0.2) is 0 Å². The molecule has 0 bridgehead atoms. The molecule has 0 aromatic carbocycles. The highest BCUT2D eigenvalue weighted by Crippen LogP contribution is 1.93. The van der Waals surface area contributed by atoms with Gasteiger partial charge in [0.1, 0.15) is 0 Å². The quantitative estimate of drug-likeness (QED) is 0.634. The van der Waals surface area contributed by atoms with Gasteiger partial charge in [-0.05, 0) is 20.0 Å². The van der Waals surface area contributed by atoms with Crippen molar-refractivity contribution in [2.24, 2.45) is 0 Å². The van der Waals surface area contributed by atoms with Crippen molar-refractivity contribution >= 4 is 0 Å². The zero-order valence-electron chi connectivity index (χ0n) is 8.11. The van der Waals surface area contributed by atoms with Gasteiger partial charge in [-0.1, -0.05) is 26.7 Å². The third kappa shape index (κ3) is 6.32. The van der Waals surface area contributed by atoms with E-state index in [9.17, 15) is 0 Å². The van der Waals surface area contributed by atoms with Crippen LogP contribution in [-0.2, 0) is 0 Å². The summed E-state index contributed by atoms with van der Waals surface area (Å²) in [6, 6.07) is 0.736. The van der Waals surface area contributed by atoms with E-state index in [2.05, 4.69) is 24.5 Å². The molecular weight excluding hydrogens is 136 g/mol. The first-order valence-electron chi connectivity index (χ1n) is 4.73. The molecule has 2 N–H and O–H groups in total.